The molecule has 164 valence electrons. The van der Waals surface area contributed by atoms with Crippen LogP contribution < -0.4 is 0 Å². The SMILES string of the molecule is Cc1cc(C2=NOC(C)(c3cc(Cl)cc(Cl)c3)C2)ccc1C(=O)CC1(C)CS(=O)(=O)C1. The summed E-state index contributed by atoms with van der Waals surface area (Å²) in [5.74, 6) is 0.108. The molecule has 0 bridgehead atoms. The summed E-state index contributed by atoms with van der Waals surface area (Å²) in [5.41, 5.74) is 2.78. The summed E-state index contributed by atoms with van der Waals surface area (Å²) in [6, 6.07) is 10.9. The summed E-state index contributed by atoms with van der Waals surface area (Å²) in [4.78, 5) is 18.6. The summed E-state index contributed by atoms with van der Waals surface area (Å²) in [6.45, 7) is 5.66. The van der Waals surface area contributed by atoms with Gasteiger partial charge < -0.3 is 4.84 Å². The molecule has 1 saturated heterocycles. The second kappa shape index (κ2) is 7.61. The first kappa shape index (κ1) is 22.3. The third kappa shape index (κ3) is 4.52. The number of hydrogen-bond acceptors (Lipinski definition) is 5. The Hall–Kier alpha value is -1.89. The number of oxime groups is 1. The molecule has 1 fully saturated rings. The van der Waals surface area contributed by atoms with Gasteiger partial charge in [-0.2, -0.15) is 0 Å². The second-order valence-electron chi connectivity index (χ2n) is 9.17. The Morgan fingerprint density at radius 1 is 1.10 bits per heavy atom. The number of halogens is 2. The zero-order valence-electron chi connectivity index (χ0n) is 17.5. The summed E-state index contributed by atoms with van der Waals surface area (Å²) in [5, 5.41) is 5.36. The maximum absolute atomic E-state index is 12.8. The van der Waals surface area contributed by atoms with E-state index < -0.39 is 20.9 Å². The zero-order chi connectivity index (χ0) is 22.6. The Morgan fingerprint density at radius 3 is 2.32 bits per heavy atom. The normalized spacial score (nSPS) is 23.6. The highest BCUT2D eigenvalue weighted by molar-refractivity contribution is 7.92. The largest absolute Gasteiger partial charge is 0.384 e. The molecule has 4 rings (SSSR count). The number of Topliss-reactive ketones (excluding diaryl/α,β-unsaturated/α-hetero) is 1. The highest BCUT2D eigenvalue weighted by atomic mass is 35.5. The molecule has 0 radical (unpaired) electrons. The molecule has 2 aliphatic heterocycles. The predicted molar refractivity (Wildman–Crippen MR) is 123 cm³/mol. The lowest BCUT2D eigenvalue weighted by Crippen LogP contribution is -2.47. The van der Waals surface area contributed by atoms with Crippen LogP contribution in [0.5, 0.6) is 0 Å². The molecule has 2 aromatic carbocycles. The summed E-state index contributed by atoms with van der Waals surface area (Å²) in [6.07, 6.45) is 0.760. The topological polar surface area (TPSA) is 72.8 Å². The molecular weight excluding hydrogens is 457 g/mol. The first-order valence-corrected chi connectivity index (χ1v) is 12.5. The monoisotopic (exact) mass is 479 g/mol. The van der Waals surface area contributed by atoms with Gasteiger partial charge in [-0.3, -0.25) is 4.79 Å². The van der Waals surface area contributed by atoms with Gasteiger partial charge in [0.25, 0.3) is 0 Å². The van der Waals surface area contributed by atoms with Crippen molar-refractivity contribution in [3.05, 3.63) is 68.7 Å². The van der Waals surface area contributed by atoms with Crippen LogP contribution in [0.1, 0.15) is 53.7 Å². The summed E-state index contributed by atoms with van der Waals surface area (Å²) in [7, 11) is -2.98. The number of rotatable bonds is 5. The fourth-order valence-corrected chi connectivity index (χ4v) is 7.24. The molecule has 2 aromatic rings. The van der Waals surface area contributed by atoms with Crippen LogP contribution in [0, 0.1) is 12.3 Å². The average Bonchev–Trinajstić information content (AvgIpc) is 3.02. The second-order valence-corrected chi connectivity index (χ2v) is 12.1. The van der Waals surface area contributed by atoms with Crippen LogP contribution in [0.2, 0.25) is 10.0 Å². The average molecular weight is 480 g/mol. The van der Waals surface area contributed by atoms with Crippen molar-refractivity contribution in [3.63, 3.8) is 0 Å². The van der Waals surface area contributed by atoms with E-state index in [2.05, 4.69) is 5.16 Å². The maximum atomic E-state index is 12.8. The molecule has 0 N–H and O–H groups in total. The third-order valence-corrected chi connectivity index (χ3v) is 8.63. The van der Waals surface area contributed by atoms with E-state index in [9.17, 15) is 13.2 Å². The van der Waals surface area contributed by atoms with Crippen molar-refractivity contribution in [1.29, 1.82) is 0 Å². The predicted octanol–water partition coefficient (Wildman–Crippen LogP) is 5.35. The van der Waals surface area contributed by atoms with E-state index in [1.54, 1.807) is 12.1 Å². The number of benzene rings is 2. The number of nitrogens with zero attached hydrogens (tertiary/aromatic N) is 1. The van der Waals surface area contributed by atoms with Crippen molar-refractivity contribution in [2.45, 2.75) is 39.2 Å². The molecule has 8 heteroatoms. The van der Waals surface area contributed by atoms with Gasteiger partial charge in [-0.25, -0.2) is 8.42 Å². The van der Waals surface area contributed by atoms with Gasteiger partial charge in [0.1, 0.15) is 0 Å². The van der Waals surface area contributed by atoms with E-state index >= 15 is 0 Å². The van der Waals surface area contributed by atoms with E-state index in [4.69, 9.17) is 28.0 Å². The third-order valence-electron chi connectivity index (χ3n) is 5.92. The Morgan fingerprint density at radius 2 is 1.74 bits per heavy atom. The molecule has 1 atom stereocenters. The lowest BCUT2D eigenvalue weighted by atomic mass is 9.84. The molecule has 2 aliphatic rings. The van der Waals surface area contributed by atoms with Gasteiger partial charge in [0.2, 0.25) is 0 Å². The van der Waals surface area contributed by atoms with E-state index in [0.717, 1.165) is 22.4 Å². The molecule has 2 heterocycles. The number of hydrogen-bond donors (Lipinski definition) is 0. The highest BCUT2D eigenvalue weighted by Crippen LogP contribution is 2.39. The minimum absolute atomic E-state index is 0.0375. The van der Waals surface area contributed by atoms with Crippen molar-refractivity contribution < 1.29 is 18.0 Å². The lowest BCUT2D eigenvalue weighted by Gasteiger charge is -2.37. The Labute approximate surface area is 192 Å². The fourth-order valence-electron chi connectivity index (χ4n) is 4.47. The van der Waals surface area contributed by atoms with Crippen molar-refractivity contribution in [2.75, 3.05) is 11.5 Å². The molecule has 0 aromatic heterocycles. The molecular formula is C23H23Cl2NO4S. The Kier molecular flexibility index (Phi) is 5.48. The van der Waals surface area contributed by atoms with Gasteiger partial charge >= 0.3 is 0 Å². The number of aryl methyl sites for hydroxylation is 1. The minimum Gasteiger partial charge on any atom is -0.384 e. The van der Waals surface area contributed by atoms with E-state index in [1.165, 1.54) is 0 Å². The first-order valence-electron chi connectivity index (χ1n) is 9.94. The molecule has 0 saturated carbocycles. The molecule has 0 amide bonds. The molecule has 31 heavy (non-hydrogen) atoms. The first-order chi connectivity index (χ1) is 14.4. The fraction of sp³-hybridized carbons (Fsp3) is 0.391. The van der Waals surface area contributed by atoms with Crippen LogP contribution in [0.4, 0.5) is 0 Å². The molecule has 0 aliphatic carbocycles. The van der Waals surface area contributed by atoms with Gasteiger partial charge in [0, 0.05) is 39.4 Å². The van der Waals surface area contributed by atoms with Gasteiger partial charge in [0.05, 0.1) is 17.2 Å². The number of carbonyl (C=O) groups excluding carboxylic acids is 1. The molecule has 0 spiro atoms. The van der Waals surface area contributed by atoms with E-state index in [0.29, 0.717) is 22.0 Å². The van der Waals surface area contributed by atoms with Crippen LogP contribution in [-0.2, 0) is 20.3 Å². The van der Waals surface area contributed by atoms with Gasteiger partial charge in [-0.1, -0.05) is 47.4 Å². The van der Waals surface area contributed by atoms with Crippen LogP contribution in [0.3, 0.4) is 0 Å². The number of ketones is 1. The lowest BCUT2D eigenvalue weighted by molar-refractivity contribution is -0.00737. The van der Waals surface area contributed by atoms with Gasteiger partial charge in [-0.15, -0.1) is 0 Å². The van der Waals surface area contributed by atoms with Crippen molar-refractivity contribution in [3.8, 4) is 0 Å². The van der Waals surface area contributed by atoms with Gasteiger partial charge in [-0.05, 0) is 49.2 Å². The number of sulfone groups is 1. The van der Waals surface area contributed by atoms with Crippen LogP contribution >= 0.6 is 23.2 Å². The van der Waals surface area contributed by atoms with Gasteiger partial charge in [0.15, 0.2) is 21.2 Å². The zero-order valence-corrected chi connectivity index (χ0v) is 19.9. The summed E-state index contributed by atoms with van der Waals surface area (Å²) < 4.78 is 23.0. The standard InChI is InChI=1S/C23H23Cl2NO4S/c1-14-6-15(4-5-19(14)21(27)11-22(2)12-31(28,29)13-22)20-10-23(3,30-26-20)16-7-17(24)9-18(25)8-16/h4-9H,10-13H2,1-3H3. The summed E-state index contributed by atoms with van der Waals surface area (Å²) >= 11 is 12.3. The van der Waals surface area contributed by atoms with Crippen LogP contribution in [0.15, 0.2) is 41.6 Å². The quantitative estimate of drug-likeness (QED) is 0.541. The van der Waals surface area contributed by atoms with E-state index in [-0.39, 0.29) is 23.7 Å². The molecule has 1 unspecified atom stereocenters. The van der Waals surface area contributed by atoms with Crippen molar-refractivity contribution >= 4 is 44.5 Å². The Balaban J connectivity index is 1.50. The minimum atomic E-state index is -2.98. The van der Waals surface area contributed by atoms with Crippen LogP contribution in [-0.4, -0.2) is 31.4 Å². The van der Waals surface area contributed by atoms with E-state index in [1.807, 2.05) is 45.0 Å². The smallest absolute Gasteiger partial charge is 0.165 e. The van der Waals surface area contributed by atoms with Crippen molar-refractivity contribution in [2.24, 2.45) is 10.6 Å². The maximum Gasteiger partial charge on any atom is 0.165 e. The number of carbonyl (C=O) groups is 1. The van der Waals surface area contributed by atoms with Crippen molar-refractivity contribution in [1.82, 2.24) is 0 Å². The highest BCUT2D eigenvalue weighted by Gasteiger charge is 2.46. The van der Waals surface area contributed by atoms with Crippen LogP contribution in [0.25, 0.3) is 0 Å². The Bertz CT molecular complexity index is 1190. The molecule has 5 nitrogen and oxygen atoms in total.